The highest BCUT2D eigenvalue weighted by atomic mass is 16.5. The number of carbonyl (C=O) groups excluding carboxylic acids is 2. The van der Waals surface area contributed by atoms with Crippen LogP contribution in [-0.2, 0) is 23.8 Å². The van der Waals surface area contributed by atoms with Gasteiger partial charge in [-0.2, -0.15) is 0 Å². The van der Waals surface area contributed by atoms with E-state index in [0.717, 1.165) is 11.1 Å². The molecule has 2 N–H and O–H groups in total. The Morgan fingerprint density at radius 2 is 1.69 bits per heavy atom. The number of anilines is 3. The number of esters is 2. The van der Waals surface area contributed by atoms with Crippen molar-refractivity contribution in [3.63, 3.8) is 0 Å². The highest BCUT2D eigenvalue weighted by Gasteiger charge is 2.34. The Bertz CT molecular complexity index is 1090. The number of carbonyl (C=O) groups is 3. The monoisotopic (exact) mass is 440 g/mol. The maximum Gasteiger partial charge on any atom is 0.355 e. The van der Waals surface area contributed by atoms with E-state index in [2.05, 4.69) is 5.32 Å². The van der Waals surface area contributed by atoms with Gasteiger partial charge in [-0.3, -0.25) is 0 Å². The molecule has 168 valence electrons. The van der Waals surface area contributed by atoms with Crippen molar-refractivity contribution in [3.8, 4) is 0 Å². The molecular weight excluding hydrogens is 416 g/mol. The van der Waals surface area contributed by atoms with Gasteiger partial charge in [-0.1, -0.05) is 12.1 Å². The predicted octanol–water partition coefficient (Wildman–Crippen LogP) is 3.14. The SMILES string of the molecule is COC(=O)C1=C(C(=O)OC)N(c2cccc(C(=O)O)c2Nc2cc(C)cc(C)c2)COC1. The maximum atomic E-state index is 12.6. The number of nitrogens with one attached hydrogen (secondary N) is 1. The lowest BCUT2D eigenvalue weighted by Crippen LogP contribution is -2.39. The molecular formula is C23H24N2O7. The Hall–Kier alpha value is -3.85. The fraction of sp³-hybridized carbons (Fsp3) is 0.261. The van der Waals surface area contributed by atoms with E-state index in [1.54, 1.807) is 12.1 Å². The van der Waals surface area contributed by atoms with Gasteiger partial charge < -0.3 is 29.5 Å². The van der Waals surface area contributed by atoms with Crippen LogP contribution in [-0.4, -0.2) is 50.6 Å². The van der Waals surface area contributed by atoms with E-state index in [1.807, 2.05) is 32.0 Å². The lowest BCUT2D eigenvalue weighted by molar-refractivity contribution is -0.140. The molecule has 0 saturated carbocycles. The maximum absolute atomic E-state index is 12.6. The van der Waals surface area contributed by atoms with Gasteiger partial charge in [0.15, 0.2) is 0 Å². The molecule has 32 heavy (non-hydrogen) atoms. The van der Waals surface area contributed by atoms with Gasteiger partial charge in [0.25, 0.3) is 0 Å². The first kappa shape index (κ1) is 22.8. The van der Waals surface area contributed by atoms with Gasteiger partial charge in [0, 0.05) is 5.69 Å². The van der Waals surface area contributed by atoms with Crippen LogP contribution in [0.5, 0.6) is 0 Å². The lowest BCUT2D eigenvalue weighted by atomic mass is 10.1. The molecule has 0 bridgehead atoms. The van der Waals surface area contributed by atoms with Crippen molar-refractivity contribution in [2.45, 2.75) is 13.8 Å². The lowest BCUT2D eigenvalue weighted by Gasteiger charge is -2.33. The third-order valence-electron chi connectivity index (χ3n) is 4.89. The van der Waals surface area contributed by atoms with E-state index in [4.69, 9.17) is 14.2 Å². The summed E-state index contributed by atoms with van der Waals surface area (Å²) >= 11 is 0. The second kappa shape index (κ2) is 9.52. The second-order valence-electron chi connectivity index (χ2n) is 7.22. The molecule has 9 heteroatoms. The molecule has 1 aliphatic rings. The number of rotatable bonds is 6. The summed E-state index contributed by atoms with van der Waals surface area (Å²) in [5, 5.41) is 13.0. The molecule has 2 aromatic carbocycles. The van der Waals surface area contributed by atoms with Crippen LogP contribution in [0.2, 0.25) is 0 Å². The first-order chi connectivity index (χ1) is 15.3. The van der Waals surface area contributed by atoms with Gasteiger partial charge in [-0.05, 0) is 49.2 Å². The summed E-state index contributed by atoms with van der Waals surface area (Å²) in [6.07, 6.45) is 0. The molecule has 0 amide bonds. The number of carboxylic acids is 1. The molecule has 1 aliphatic heterocycles. The smallest absolute Gasteiger partial charge is 0.355 e. The number of hydrogen-bond acceptors (Lipinski definition) is 8. The number of hydrogen-bond donors (Lipinski definition) is 2. The molecule has 0 spiro atoms. The number of benzene rings is 2. The van der Waals surface area contributed by atoms with Crippen LogP contribution in [0.25, 0.3) is 0 Å². The summed E-state index contributed by atoms with van der Waals surface area (Å²) in [7, 11) is 2.39. The van der Waals surface area contributed by atoms with Gasteiger partial charge in [0.1, 0.15) is 12.4 Å². The molecule has 0 radical (unpaired) electrons. The molecule has 1 heterocycles. The number of nitrogens with zero attached hydrogens (tertiary/aromatic N) is 1. The van der Waals surface area contributed by atoms with E-state index in [1.165, 1.54) is 25.2 Å². The number of para-hydroxylation sites is 1. The van der Waals surface area contributed by atoms with E-state index in [-0.39, 0.29) is 35.9 Å². The topological polar surface area (TPSA) is 114 Å². The van der Waals surface area contributed by atoms with Crippen molar-refractivity contribution in [3.05, 3.63) is 64.4 Å². The first-order valence-electron chi connectivity index (χ1n) is 9.73. The van der Waals surface area contributed by atoms with E-state index in [0.29, 0.717) is 11.4 Å². The van der Waals surface area contributed by atoms with E-state index in [9.17, 15) is 19.5 Å². The number of aryl methyl sites for hydroxylation is 2. The van der Waals surface area contributed by atoms with Gasteiger partial charge in [-0.25, -0.2) is 14.4 Å². The molecule has 0 atom stereocenters. The van der Waals surface area contributed by atoms with Crippen LogP contribution in [0.4, 0.5) is 17.1 Å². The summed E-state index contributed by atoms with van der Waals surface area (Å²) in [6, 6.07) is 10.4. The third kappa shape index (κ3) is 4.57. The highest BCUT2D eigenvalue weighted by Crippen LogP contribution is 2.37. The average molecular weight is 440 g/mol. The largest absolute Gasteiger partial charge is 0.478 e. The molecule has 0 saturated heterocycles. The van der Waals surface area contributed by atoms with E-state index >= 15 is 0 Å². The van der Waals surface area contributed by atoms with E-state index < -0.39 is 17.9 Å². The Labute approximate surface area is 185 Å². The van der Waals surface area contributed by atoms with Crippen LogP contribution in [0.15, 0.2) is 47.7 Å². The molecule has 2 aromatic rings. The fourth-order valence-corrected chi connectivity index (χ4v) is 3.60. The minimum Gasteiger partial charge on any atom is -0.478 e. The summed E-state index contributed by atoms with van der Waals surface area (Å²) in [5.74, 6) is -2.67. The second-order valence-corrected chi connectivity index (χ2v) is 7.22. The molecule has 0 aliphatic carbocycles. The summed E-state index contributed by atoms with van der Waals surface area (Å²) in [5.41, 5.74) is 3.10. The summed E-state index contributed by atoms with van der Waals surface area (Å²) < 4.78 is 15.2. The van der Waals surface area contributed by atoms with Crippen molar-refractivity contribution in [1.82, 2.24) is 0 Å². The molecule has 9 nitrogen and oxygen atoms in total. The normalized spacial score (nSPS) is 13.6. The minimum atomic E-state index is -1.16. The summed E-state index contributed by atoms with van der Waals surface area (Å²) in [6.45, 7) is 3.62. The van der Waals surface area contributed by atoms with Crippen molar-refractivity contribution in [2.24, 2.45) is 0 Å². The van der Waals surface area contributed by atoms with Gasteiger partial charge >= 0.3 is 17.9 Å². The quantitative estimate of drug-likeness (QED) is 0.654. The van der Waals surface area contributed by atoms with Gasteiger partial charge in [-0.15, -0.1) is 0 Å². The average Bonchev–Trinajstić information content (AvgIpc) is 2.76. The van der Waals surface area contributed by atoms with Crippen LogP contribution in [0.3, 0.4) is 0 Å². The van der Waals surface area contributed by atoms with Crippen LogP contribution in [0.1, 0.15) is 21.5 Å². The zero-order valence-electron chi connectivity index (χ0n) is 18.2. The number of methoxy groups -OCH3 is 2. The molecule has 3 rings (SSSR count). The first-order valence-corrected chi connectivity index (χ1v) is 9.73. The van der Waals surface area contributed by atoms with Gasteiger partial charge in [0.05, 0.1) is 43.3 Å². The zero-order valence-corrected chi connectivity index (χ0v) is 18.2. The fourth-order valence-electron chi connectivity index (χ4n) is 3.60. The molecule has 0 aromatic heterocycles. The Balaban J connectivity index is 2.22. The third-order valence-corrected chi connectivity index (χ3v) is 4.89. The molecule has 0 unspecified atom stereocenters. The zero-order chi connectivity index (χ0) is 23.4. The van der Waals surface area contributed by atoms with Gasteiger partial charge in [0.2, 0.25) is 0 Å². The standard InChI is InChI=1S/C23H24N2O7/c1-13-8-14(2)10-15(9-13)24-19-16(21(26)27)6-5-7-18(19)25-12-32-11-17(22(28)30-3)20(25)23(29)31-4/h5-10,24H,11-12H2,1-4H3,(H,26,27). The number of ether oxygens (including phenoxy) is 3. The Morgan fingerprint density at radius 3 is 2.28 bits per heavy atom. The highest BCUT2D eigenvalue weighted by molar-refractivity contribution is 6.06. The Morgan fingerprint density at radius 1 is 1.03 bits per heavy atom. The number of aromatic carboxylic acids is 1. The Kier molecular flexibility index (Phi) is 6.79. The van der Waals surface area contributed by atoms with Crippen molar-refractivity contribution in [1.29, 1.82) is 0 Å². The predicted molar refractivity (Wildman–Crippen MR) is 117 cm³/mol. The van der Waals surface area contributed by atoms with Crippen molar-refractivity contribution < 1.29 is 33.7 Å². The van der Waals surface area contributed by atoms with Crippen molar-refractivity contribution in [2.75, 3.05) is 37.8 Å². The van der Waals surface area contributed by atoms with Crippen LogP contribution < -0.4 is 10.2 Å². The van der Waals surface area contributed by atoms with Crippen molar-refractivity contribution >= 4 is 35.0 Å². The number of carboxylic acid groups (broad SMARTS) is 1. The van der Waals surface area contributed by atoms with Crippen LogP contribution >= 0.6 is 0 Å². The minimum absolute atomic E-state index is 0.0175. The molecule has 0 fully saturated rings. The summed E-state index contributed by atoms with van der Waals surface area (Å²) in [4.78, 5) is 38.3. The van der Waals surface area contributed by atoms with Crippen LogP contribution in [0, 0.1) is 13.8 Å².